The van der Waals surface area contributed by atoms with Gasteiger partial charge in [0.25, 0.3) is 0 Å². The van der Waals surface area contributed by atoms with Crippen LogP contribution < -0.4 is 14.9 Å². The standard InChI is InChI=1S/C25H27F3N6O5S/c1-32(2)21-5-4-16(13-31-21)34(40(37)38)19-7-9-33(23(19)35)20(24(36)39-3)11-15-10-14-6-8-30-22(29)17(14)12-18(15)25(26,27)28/h4-6,8,10,12-13,19-20,40H,7,9,11H2,1-3H3,(H2,29,30)/t19-,20+/m0/s1. The van der Waals surface area contributed by atoms with Gasteiger partial charge < -0.3 is 20.3 Å². The molecule has 4 rings (SSSR count). The van der Waals surface area contributed by atoms with E-state index in [1.54, 1.807) is 25.1 Å². The first-order chi connectivity index (χ1) is 18.8. The number of carbonyl (C=O) groups excluding carboxylic acids is 2. The highest BCUT2D eigenvalue weighted by Crippen LogP contribution is 2.37. The maximum absolute atomic E-state index is 14.1. The van der Waals surface area contributed by atoms with Gasteiger partial charge in [-0.2, -0.15) is 13.2 Å². The zero-order valence-electron chi connectivity index (χ0n) is 21.8. The second kappa shape index (κ2) is 11.2. The number of likely N-dealkylation sites (tertiary alicyclic amines) is 1. The molecule has 0 aliphatic carbocycles. The Morgan fingerprint density at radius 3 is 2.52 bits per heavy atom. The third-order valence-corrected chi connectivity index (χ3v) is 7.59. The van der Waals surface area contributed by atoms with E-state index >= 15 is 0 Å². The molecule has 1 saturated heterocycles. The summed E-state index contributed by atoms with van der Waals surface area (Å²) in [6.45, 7) is -0.0854. The Morgan fingerprint density at radius 2 is 1.95 bits per heavy atom. The minimum Gasteiger partial charge on any atom is -0.467 e. The molecule has 1 amide bonds. The molecule has 2 N–H and O–H groups in total. The second-order valence-corrected chi connectivity index (χ2v) is 10.3. The minimum absolute atomic E-state index is 0.00285. The van der Waals surface area contributed by atoms with E-state index in [0.717, 1.165) is 22.4 Å². The number of anilines is 3. The molecule has 0 spiro atoms. The third-order valence-electron chi connectivity index (χ3n) is 6.72. The Balaban J connectivity index is 1.70. The molecule has 40 heavy (non-hydrogen) atoms. The van der Waals surface area contributed by atoms with Crippen LogP contribution in [0.5, 0.6) is 0 Å². The molecule has 0 bridgehead atoms. The average Bonchev–Trinajstić information content (AvgIpc) is 3.26. The summed E-state index contributed by atoms with van der Waals surface area (Å²) in [4.78, 5) is 37.2. The smallest absolute Gasteiger partial charge is 0.416 e. The van der Waals surface area contributed by atoms with Gasteiger partial charge in [-0.3, -0.25) is 9.10 Å². The number of aromatic nitrogens is 2. The predicted octanol–water partition coefficient (Wildman–Crippen LogP) is 2.01. The van der Waals surface area contributed by atoms with Crippen LogP contribution in [0.3, 0.4) is 0 Å². The summed E-state index contributed by atoms with van der Waals surface area (Å²) >= 11 is 0. The molecular formula is C25H27F3N6O5S. The number of methoxy groups -OCH3 is 1. The topological polar surface area (TPSA) is 139 Å². The largest absolute Gasteiger partial charge is 0.467 e. The fourth-order valence-electron chi connectivity index (χ4n) is 4.78. The number of pyridine rings is 2. The highest BCUT2D eigenvalue weighted by atomic mass is 32.2. The number of nitrogens with zero attached hydrogens (tertiary/aromatic N) is 5. The number of benzene rings is 1. The van der Waals surface area contributed by atoms with Crippen molar-refractivity contribution in [2.24, 2.45) is 0 Å². The first kappa shape index (κ1) is 28.9. The first-order valence-electron chi connectivity index (χ1n) is 12.0. The van der Waals surface area contributed by atoms with E-state index in [9.17, 15) is 31.2 Å². The van der Waals surface area contributed by atoms with Gasteiger partial charge in [0.15, 0.2) is 0 Å². The van der Waals surface area contributed by atoms with E-state index in [2.05, 4.69) is 9.97 Å². The molecule has 0 saturated carbocycles. The monoisotopic (exact) mass is 580 g/mol. The number of carbonyl (C=O) groups is 2. The summed E-state index contributed by atoms with van der Waals surface area (Å²) in [6.07, 6.45) is -2.68. The van der Waals surface area contributed by atoms with E-state index in [1.165, 1.54) is 30.6 Å². The van der Waals surface area contributed by atoms with Crippen molar-refractivity contribution in [3.63, 3.8) is 0 Å². The van der Waals surface area contributed by atoms with Gasteiger partial charge in [-0.05, 0) is 41.6 Å². The van der Waals surface area contributed by atoms with Crippen molar-refractivity contribution in [1.82, 2.24) is 14.9 Å². The van der Waals surface area contributed by atoms with Crippen LogP contribution in [0.15, 0.2) is 42.7 Å². The molecule has 1 aliphatic heterocycles. The van der Waals surface area contributed by atoms with Crippen molar-refractivity contribution in [2.45, 2.75) is 31.1 Å². The summed E-state index contributed by atoms with van der Waals surface area (Å²) in [7, 11) is 1.27. The number of hydrogen-bond donors (Lipinski definition) is 2. The van der Waals surface area contributed by atoms with Crippen LogP contribution >= 0.6 is 0 Å². The molecule has 3 aromatic rings. The molecule has 11 nitrogen and oxygen atoms in total. The van der Waals surface area contributed by atoms with Crippen LogP contribution in [0.25, 0.3) is 10.8 Å². The Bertz CT molecular complexity index is 1510. The Kier molecular flexibility index (Phi) is 8.05. The summed E-state index contributed by atoms with van der Waals surface area (Å²) < 4.78 is 72.4. The number of ether oxygens (including phenoxy) is 1. The highest BCUT2D eigenvalue weighted by molar-refractivity contribution is 7.74. The number of alkyl halides is 3. The quantitative estimate of drug-likeness (QED) is 0.303. The zero-order valence-corrected chi connectivity index (χ0v) is 22.6. The Hall–Kier alpha value is -4.14. The van der Waals surface area contributed by atoms with Crippen LogP contribution in [0, 0.1) is 0 Å². The lowest BCUT2D eigenvalue weighted by atomic mass is 9.95. The summed E-state index contributed by atoms with van der Waals surface area (Å²) in [5, 5.41) is 0.460. The fourth-order valence-corrected chi connectivity index (χ4v) is 5.53. The number of rotatable bonds is 8. The number of nitrogens with two attached hydrogens (primary N) is 1. The molecule has 1 fully saturated rings. The molecule has 0 unspecified atom stereocenters. The minimum atomic E-state index is -4.80. The van der Waals surface area contributed by atoms with Crippen LogP contribution in [0.4, 0.5) is 30.5 Å². The van der Waals surface area contributed by atoms with Crippen molar-refractivity contribution in [1.29, 1.82) is 0 Å². The van der Waals surface area contributed by atoms with Crippen LogP contribution in [0.2, 0.25) is 0 Å². The van der Waals surface area contributed by atoms with Gasteiger partial charge in [0.1, 0.15) is 23.7 Å². The molecule has 1 aliphatic rings. The SMILES string of the molecule is COC(=O)[C@@H](Cc1cc2ccnc(N)c2cc1C(F)(F)F)N1CC[C@H](N(c2ccc(N(C)C)nc2)[SH](=O)=O)C1=O. The third kappa shape index (κ3) is 5.59. The van der Waals surface area contributed by atoms with E-state index < -0.39 is 53.0 Å². The van der Waals surface area contributed by atoms with Gasteiger partial charge in [0.05, 0.1) is 24.6 Å². The lowest BCUT2D eigenvalue weighted by Crippen LogP contribution is -2.48. The first-order valence-corrected chi connectivity index (χ1v) is 13.2. The van der Waals surface area contributed by atoms with Crippen molar-refractivity contribution in [3.05, 3.63) is 53.9 Å². The number of nitrogen functional groups attached to an aromatic ring is 1. The van der Waals surface area contributed by atoms with Gasteiger partial charge in [-0.25, -0.2) is 23.2 Å². The average molecular weight is 581 g/mol. The molecule has 1 aromatic carbocycles. The van der Waals surface area contributed by atoms with Crippen molar-refractivity contribution in [2.75, 3.05) is 42.7 Å². The summed E-state index contributed by atoms with van der Waals surface area (Å²) in [5.41, 5.74) is 4.62. The van der Waals surface area contributed by atoms with Gasteiger partial charge in [-0.15, -0.1) is 0 Å². The molecular weight excluding hydrogens is 553 g/mol. The van der Waals surface area contributed by atoms with Gasteiger partial charge in [-0.1, -0.05) is 6.07 Å². The van der Waals surface area contributed by atoms with Crippen molar-refractivity contribution >= 4 is 50.9 Å². The summed E-state index contributed by atoms with van der Waals surface area (Å²) in [6, 6.07) is 4.01. The highest BCUT2D eigenvalue weighted by Gasteiger charge is 2.44. The van der Waals surface area contributed by atoms with Gasteiger partial charge in [0, 0.05) is 38.6 Å². The number of esters is 1. The van der Waals surface area contributed by atoms with Crippen LogP contribution in [-0.4, -0.2) is 75.0 Å². The molecule has 2 aromatic heterocycles. The van der Waals surface area contributed by atoms with E-state index in [0.29, 0.717) is 11.2 Å². The van der Waals surface area contributed by atoms with Gasteiger partial charge >= 0.3 is 12.1 Å². The normalized spacial score (nSPS) is 16.4. The maximum atomic E-state index is 14.1. The lowest BCUT2D eigenvalue weighted by molar-refractivity contribution is -0.151. The number of amides is 1. The van der Waals surface area contributed by atoms with Crippen LogP contribution in [0.1, 0.15) is 17.5 Å². The Morgan fingerprint density at radius 1 is 1.23 bits per heavy atom. The fraction of sp³-hybridized carbons (Fsp3) is 0.360. The predicted molar refractivity (Wildman–Crippen MR) is 142 cm³/mol. The second-order valence-electron chi connectivity index (χ2n) is 9.36. The number of halogens is 3. The zero-order chi connectivity index (χ0) is 29.4. The van der Waals surface area contributed by atoms with E-state index in [1.807, 2.05) is 0 Å². The molecule has 0 radical (unpaired) electrons. The summed E-state index contributed by atoms with van der Waals surface area (Å²) in [5.74, 6) is -1.21. The van der Waals surface area contributed by atoms with Crippen LogP contribution in [-0.2, 0) is 37.8 Å². The molecule has 214 valence electrons. The van der Waals surface area contributed by atoms with E-state index in [4.69, 9.17) is 10.5 Å². The molecule has 15 heteroatoms. The maximum Gasteiger partial charge on any atom is 0.416 e. The van der Waals surface area contributed by atoms with Crippen molar-refractivity contribution < 1.29 is 35.9 Å². The van der Waals surface area contributed by atoms with E-state index in [-0.39, 0.29) is 35.4 Å². The van der Waals surface area contributed by atoms with Crippen molar-refractivity contribution in [3.8, 4) is 0 Å². The number of thiol groups is 1. The lowest BCUT2D eigenvalue weighted by Gasteiger charge is -2.29. The Labute approximate surface area is 229 Å². The molecule has 3 heterocycles. The molecule has 2 atom stereocenters. The van der Waals surface area contributed by atoms with Gasteiger partial charge in [0.2, 0.25) is 16.8 Å². The number of hydrogen-bond acceptors (Lipinski definition) is 9. The number of fused-ring (bicyclic) bond motifs is 1.